The molecule has 0 aromatic heterocycles. The van der Waals surface area contributed by atoms with E-state index in [4.69, 9.17) is 11.6 Å². The zero-order valence-corrected chi connectivity index (χ0v) is 21.1. The summed E-state index contributed by atoms with van der Waals surface area (Å²) in [7, 11) is -2.51. The summed E-state index contributed by atoms with van der Waals surface area (Å²) in [5.41, 5.74) is 1.22. The molecule has 0 fully saturated rings. The zero-order valence-electron chi connectivity index (χ0n) is 18.7. The summed E-state index contributed by atoms with van der Waals surface area (Å²) in [5, 5.41) is 2.92. The molecule has 178 valence electrons. The lowest BCUT2D eigenvalue weighted by atomic mass is 10.1. The van der Waals surface area contributed by atoms with Crippen molar-refractivity contribution in [2.75, 3.05) is 29.5 Å². The Labute approximate surface area is 208 Å². The Balaban J connectivity index is 1.82. The van der Waals surface area contributed by atoms with E-state index >= 15 is 0 Å². The van der Waals surface area contributed by atoms with Crippen molar-refractivity contribution in [1.29, 1.82) is 0 Å². The number of nitrogens with zero attached hydrogens (tertiary/aromatic N) is 1. The first-order chi connectivity index (χ1) is 16.2. The van der Waals surface area contributed by atoms with E-state index in [9.17, 15) is 18.0 Å². The van der Waals surface area contributed by atoms with Crippen LogP contribution in [0.25, 0.3) is 0 Å². The summed E-state index contributed by atoms with van der Waals surface area (Å²) in [4.78, 5) is 25.6. The average Bonchev–Trinajstić information content (AvgIpc) is 2.85. The molecule has 1 N–H and O–H groups in total. The lowest BCUT2D eigenvalue weighted by molar-refractivity contribution is 0.0600. The van der Waals surface area contributed by atoms with Gasteiger partial charge < -0.3 is 10.1 Å². The van der Waals surface area contributed by atoms with E-state index in [0.29, 0.717) is 11.3 Å². The van der Waals surface area contributed by atoms with Crippen LogP contribution in [0, 0.1) is 0 Å². The lowest BCUT2D eigenvalue weighted by Crippen LogP contribution is -2.30. The summed E-state index contributed by atoms with van der Waals surface area (Å²) < 4.78 is 32.3. The fraction of sp³-hybridized carbons (Fsp3) is 0.167. The van der Waals surface area contributed by atoms with Crippen LogP contribution in [-0.2, 0) is 14.8 Å². The summed E-state index contributed by atoms with van der Waals surface area (Å²) in [6.45, 7) is 1.96. The van der Waals surface area contributed by atoms with E-state index in [-0.39, 0.29) is 27.7 Å². The Bertz CT molecular complexity index is 1290. The molecule has 0 saturated carbocycles. The lowest BCUT2D eigenvalue weighted by Gasteiger charge is -2.23. The van der Waals surface area contributed by atoms with Crippen molar-refractivity contribution in [2.45, 2.75) is 16.7 Å². The van der Waals surface area contributed by atoms with Gasteiger partial charge in [0.25, 0.3) is 15.9 Å². The van der Waals surface area contributed by atoms with Crippen LogP contribution in [0.2, 0.25) is 5.02 Å². The molecule has 34 heavy (non-hydrogen) atoms. The Hall–Kier alpha value is -3.01. The number of carbonyl (C=O) groups is 2. The van der Waals surface area contributed by atoms with Crippen molar-refractivity contribution in [3.05, 3.63) is 82.9 Å². The van der Waals surface area contributed by atoms with Crippen molar-refractivity contribution >= 4 is 56.6 Å². The smallest absolute Gasteiger partial charge is 0.337 e. The van der Waals surface area contributed by atoms with E-state index < -0.39 is 21.9 Å². The molecule has 3 rings (SSSR count). The van der Waals surface area contributed by atoms with Gasteiger partial charge in [0.05, 0.1) is 34.0 Å². The molecular formula is C24H23ClN2O5S2. The number of benzene rings is 3. The summed E-state index contributed by atoms with van der Waals surface area (Å²) in [5.74, 6) is -1.02. The molecule has 0 spiro atoms. The first-order valence-corrected chi connectivity index (χ1v) is 13.2. The van der Waals surface area contributed by atoms with Gasteiger partial charge in [-0.1, -0.05) is 11.6 Å². The predicted octanol–water partition coefficient (Wildman–Crippen LogP) is 5.32. The van der Waals surface area contributed by atoms with Crippen LogP contribution in [0.4, 0.5) is 11.4 Å². The molecule has 0 unspecified atom stereocenters. The molecule has 0 aliphatic rings. The second kappa shape index (κ2) is 10.9. The molecule has 0 saturated heterocycles. The zero-order chi connectivity index (χ0) is 24.9. The average molecular weight is 519 g/mol. The Morgan fingerprint density at radius 2 is 1.62 bits per heavy atom. The third kappa shape index (κ3) is 5.55. The van der Waals surface area contributed by atoms with Crippen molar-refractivity contribution in [3.8, 4) is 0 Å². The number of anilines is 2. The van der Waals surface area contributed by atoms with Crippen molar-refractivity contribution in [2.24, 2.45) is 0 Å². The van der Waals surface area contributed by atoms with Crippen molar-refractivity contribution in [1.82, 2.24) is 0 Å². The highest BCUT2D eigenvalue weighted by Crippen LogP contribution is 2.27. The first-order valence-electron chi connectivity index (χ1n) is 10.2. The summed E-state index contributed by atoms with van der Waals surface area (Å²) in [6, 6.07) is 17.3. The fourth-order valence-corrected chi connectivity index (χ4v) is 5.25. The van der Waals surface area contributed by atoms with Crippen LogP contribution < -0.4 is 9.62 Å². The van der Waals surface area contributed by atoms with Gasteiger partial charge in [0.1, 0.15) is 0 Å². The number of hydrogen-bond donors (Lipinski definition) is 1. The number of amides is 1. The SMILES string of the molecule is CCN(c1ccc(C(=O)Nc2cc(C(=O)OC)ccc2Cl)cc1)S(=O)(=O)c1ccc(SC)cc1. The predicted molar refractivity (Wildman–Crippen MR) is 136 cm³/mol. The van der Waals surface area contributed by atoms with Crippen LogP contribution in [-0.4, -0.2) is 40.2 Å². The highest BCUT2D eigenvalue weighted by Gasteiger charge is 2.24. The number of rotatable bonds is 8. The number of carbonyl (C=O) groups excluding carboxylic acids is 2. The highest BCUT2D eigenvalue weighted by molar-refractivity contribution is 7.98. The van der Waals surface area contributed by atoms with Crippen molar-refractivity contribution in [3.63, 3.8) is 0 Å². The maximum atomic E-state index is 13.2. The van der Waals surface area contributed by atoms with Gasteiger partial charge >= 0.3 is 5.97 Å². The van der Waals surface area contributed by atoms with Gasteiger partial charge in [-0.05, 0) is 79.9 Å². The van der Waals surface area contributed by atoms with Crippen molar-refractivity contribution < 1.29 is 22.7 Å². The van der Waals surface area contributed by atoms with Gasteiger partial charge in [0.15, 0.2) is 0 Å². The van der Waals surface area contributed by atoms with Crippen LogP contribution in [0.15, 0.2) is 76.5 Å². The molecule has 1 amide bonds. The molecule has 0 aliphatic carbocycles. The first kappa shape index (κ1) is 25.6. The normalized spacial score (nSPS) is 11.1. The molecule has 0 heterocycles. The number of halogens is 1. The molecule has 3 aromatic carbocycles. The van der Waals surface area contributed by atoms with Gasteiger partial charge in [0.2, 0.25) is 0 Å². The quantitative estimate of drug-likeness (QED) is 0.320. The van der Waals surface area contributed by atoms with Gasteiger partial charge in [-0.25, -0.2) is 13.2 Å². The fourth-order valence-electron chi connectivity index (χ4n) is 3.21. The summed E-state index contributed by atoms with van der Waals surface area (Å²) in [6.07, 6.45) is 1.92. The molecule has 0 radical (unpaired) electrons. The van der Waals surface area contributed by atoms with E-state index in [1.54, 1.807) is 43.3 Å². The van der Waals surface area contributed by atoms with Gasteiger partial charge in [-0.2, -0.15) is 0 Å². The minimum Gasteiger partial charge on any atom is -0.465 e. The molecule has 3 aromatic rings. The van der Waals surface area contributed by atoms with E-state index in [1.807, 2.05) is 6.26 Å². The summed E-state index contributed by atoms with van der Waals surface area (Å²) >= 11 is 7.68. The monoisotopic (exact) mass is 518 g/mol. The van der Waals surface area contributed by atoms with Gasteiger partial charge in [-0.15, -0.1) is 11.8 Å². The van der Waals surface area contributed by atoms with E-state index in [2.05, 4.69) is 10.1 Å². The maximum Gasteiger partial charge on any atom is 0.337 e. The van der Waals surface area contributed by atoms with E-state index in [1.165, 1.54) is 53.5 Å². The Morgan fingerprint density at radius 1 is 1.00 bits per heavy atom. The molecule has 0 aliphatic heterocycles. The topological polar surface area (TPSA) is 92.8 Å². The minimum absolute atomic E-state index is 0.189. The Kier molecular flexibility index (Phi) is 8.24. The molecule has 10 heteroatoms. The second-order valence-electron chi connectivity index (χ2n) is 7.03. The third-order valence-electron chi connectivity index (χ3n) is 4.99. The maximum absolute atomic E-state index is 13.2. The highest BCUT2D eigenvalue weighted by atomic mass is 35.5. The Morgan fingerprint density at radius 3 is 2.18 bits per heavy atom. The number of hydrogen-bond acceptors (Lipinski definition) is 6. The van der Waals surface area contributed by atoms with Crippen LogP contribution in [0.3, 0.4) is 0 Å². The van der Waals surface area contributed by atoms with Crippen LogP contribution in [0.5, 0.6) is 0 Å². The van der Waals surface area contributed by atoms with E-state index in [0.717, 1.165) is 4.90 Å². The third-order valence-corrected chi connectivity index (χ3v) is 7.98. The minimum atomic E-state index is -3.77. The molecule has 0 atom stereocenters. The molecule has 7 nitrogen and oxygen atoms in total. The number of ether oxygens (including phenoxy) is 1. The largest absolute Gasteiger partial charge is 0.465 e. The molecule has 0 bridgehead atoms. The van der Waals surface area contributed by atoms with Gasteiger partial charge in [-0.3, -0.25) is 9.10 Å². The van der Waals surface area contributed by atoms with Gasteiger partial charge in [0, 0.05) is 17.0 Å². The number of methoxy groups -OCH3 is 1. The van der Waals surface area contributed by atoms with Crippen LogP contribution >= 0.6 is 23.4 Å². The number of esters is 1. The number of sulfonamides is 1. The number of thioether (sulfide) groups is 1. The number of nitrogens with one attached hydrogen (secondary N) is 1. The van der Waals surface area contributed by atoms with Crippen LogP contribution in [0.1, 0.15) is 27.6 Å². The standard InChI is InChI=1S/C24H23ClN2O5S2/c1-4-27(34(30,31)20-12-10-19(33-3)11-13-20)18-8-5-16(6-9-18)23(28)26-22-15-17(24(29)32-2)7-14-21(22)25/h5-15H,4H2,1-3H3,(H,26,28). The second-order valence-corrected chi connectivity index (χ2v) is 10.2. The molecular weight excluding hydrogens is 496 g/mol.